The Balaban J connectivity index is 1.40. The lowest BCUT2D eigenvalue weighted by atomic mass is 10.1. The Morgan fingerprint density at radius 3 is 2.58 bits per heavy atom. The minimum absolute atomic E-state index is 0.000588. The number of hydrogen-bond donors (Lipinski definition) is 1. The van der Waals surface area contributed by atoms with E-state index in [4.69, 9.17) is 26.1 Å². The summed E-state index contributed by atoms with van der Waals surface area (Å²) in [6.07, 6.45) is -3.98. The van der Waals surface area contributed by atoms with Gasteiger partial charge in [-0.1, -0.05) is 18.5 Å². The maximum atomic E-state index is 14.3. The molecule has 1 fully saturated rings. The lowest BCUT2D eigenvalue weighted by Crippen LogP contribution is -2.56. The van der Waals surface area contributed by atoms with Crippen molar-refractivity contribution >= 4 is 52.1 Å². The number of nitrogens with zero attached hydrogens (tertiary/aromatic N) is 6. The van der Waals surface area contributed by atoms with Gasteiger partial charge in [0.2, 0.25) is 11.7 Å². The van der Waals surface area contributed by atoms with Crippen LogP contribution in [0, 0.1) is 0 Å². The van der Waals surface area contributed by atoms with Crippen LogP contribution < -0.4 is 15.8 Å². The average Bonchev–Trinajstić information content (AvgIpc) is 3.67. The van der Waals surface area contributed by atoms with Crippen molar-refractivity contribution in [3.8, 4) is 10.7 Å². The van der Waals surface area contributed by atoms with Crippen molar-refractivity contribution in [3.05, 3.63) is 61.3 Å². The van der Waals surface area contributed by atoms with Crippen molar-refractivity contribution in [1.29, 1.82) is 0 Å². The van der Waals surface area contributed by atoms with E-state index in [2.05, 4.69) is 10.4 Å². The highest BCUT2D eigenvalue weighted by Gasteiger charge is 2.35. The number of fused-ring (bicyclic) bond motifs is 2. The molecule has 1 aromatic carbocycles. The zero-order valence-corrected chi connectivity index (χ0v) is 29.8. The van der Waals surface area contributed by atoms with E-state index in [1.807, 2.05) is 24.8 Å². The molecule has 268 valence electrons. The SMILES string of the molecule is CCc1c(N2CCN(C(=O)OC(C)(C)C)[C@@H](C)C2)c(=O)n2nc(-c3cc4c(s3)COCC4)nc2n1CC(=O)Nc1ccc(C(F)(F)F)cc1Cl. The molecular formula is C33H37ClF3N7O5S. The van der Waals surface area contributed by atoms with E-state index in [0.29, 0.717) is 49.9 Å². The monoisotopic (exact) mass is 735 g/mol. The summed E-state index contributed by atoms with van der Waals surface area (Å²) in [5, 5.41) is 6.96. The molecule has 2 amide bonds. The molecule has 5 heterocycles. The average molecular weight is 736 g/mol. The van der Waals surface area contributed by atoms with Gasteiger partial charge in [0.25, 0.3) is 5.56 Å². The first-order valence-corrected chi connectivity index (χ1v) is 17.4. The lowest BCUT2D eigenvalue weighted by molar-refractivity contribution is -0.137. The van der Waals surface area contributed by atoms with Crippen LogP contribution in [0.25, 0.3) is 16.5 Å². The van der Waals surface area contributed by atoms with Crippen molar-refractivity contribution < 1.29 is 32.2 Å². The molecule has 1 atom stereocenters. The fourth-order valence-electron chi connectivity index (χ4n) is 6.17. The summed E-state index contributed by atoms with van der Waals surface area (Å²) in [7, 11) is 0. The van der Waals surface area contributed by atoms with Gasteiger partial charge >= 0.3 is 12.3 Å². The molecule has 3 aromatic heterocycles. The Morgan fingerprint density at radius 1 is 1.18 bits per heavy atom. The van der Waals surface area contributed by atoms with Gasteiger partial charge in [-0.3, -0.25) is 9.59 Å². The number of halogens is 4. The Hall–Kier alpha value is -4.15. The molecule has 1 N–H and O–H groups in total. The highest BCUT2D eigenvalue weighted by atomic mass is 35.5. The molecule has 0 aliphatic carbocycles. The second-order valence-corrected chi connectivity index (χ2v) is 14.8. The summed E-state index contributed by atoms with van der Waals surface area (Å²) < 4.78 is 53.6. The minimum Gasteiger partial charge on any atom is -0.444 e. The number of hydrogen-bond acceptors (Lipinski definition) is 9. The van der Waals surface area contributed by atoms with Crippen LogP contribution >= 0.6 is 22.9 Å². The number of carbonyl (C=O) groups excluding carboxylic acids is 2. The number of thiophene rings is 1. The predicted molar refractivity (Wildman–Crippen MR) is 183 cm³/mol. The van der Waals surface area contributed by atoms with E-state index in [9.17, 15) is 27.6 Å². The smallest absolute Gasteiger partial charge is 0.416 e. The van der Waals surface area contributed by atoms with E-state index in [1.54, 1.807) is 30.2 Å². The third kappa shape index (κ3) is 7.19. The summed E-state index contributed by atoms with van der Waals surface area (Å²) in [6.45, 7) is 10.7. The molecule has 0 unspecified atom stereocenters. The van der Waals surface area contributed by atoms with E-state index in [-0.39, 0.29) is 35.6 Å². The molecule has 0 saturated carbocycles. The third-order valence-electron chi connectivity index (χ3n) is 8.47. The van der Waals surface area contributed by atoms with Crippen LogP contribution in [0.4, 0.5) is 29.3 Å². The first kappa shape index (κ1) is 35.7. The summed E-state index contributed by atoms with van der Waals surface area (Å²) in [6, 6.07) is 4.36. The number of anilines is 2. The van der Waals surface area contributed by atoms with Crippen LogP contribution in [-0.2, 0) is 46.4 Å². The molecule has 0 spiro atoms. The van der Waals surface area contributed by atoms with Gasteiger partial charge in [-0.25, -0.2) is 4.79 Å². The van der Waals surface area contributed by atoms with Crippen LogP contribution in [0.15, 0.2) is 29.1 Å². The normalized spacial score (nSPS) is 16.9. The van der Waals surface area contributed by atoms with E-state index >= 15 is 0 Å². The number of amides is 2. The minimum atomic E-state index is -4.60. The number of piperazine rings is 1. The maximum Gasteiger partial charge on any atom is 0.416 e. The van der Waals surface area contributed by atoms with Crippen LogP contribution in [0.2, 0.25) is 5.02 Å². The second kappa shape index (κ2) is 13.5. The highest BCUT2D eigenvalue weighted by Crippen LogP contribution is 2.35. The Bertz CT molecular complexity index is 2000. The Kier molecular flexibility index (Phi) is 9.65. The standard InChI is InChI=1S/C33H37ClF3N7O5S/c1-6-23-27(41-10-11-42(18(2)15-41)31(47)49-32(3,4)5)29(46)44-30(39-28(40-44)24-13-19-9-12-48-17-25(19)50-24)43(23)16-26(45)38-22-8-7-20(14-21(22)34)33(35,36)37/h7-8,13-14,18H,6,9-12,15-17H2,1-5H3,(H,38,45)/t18-/m0/s1. The number of nitrogens with one attached hydrogen (secondary N) is 1. The fraction of sp³-hybridized carbons (Fsp3) is 0.485. The van der Waals surface area contributed by atoms with Crippen LogP contribution in [0.3, 0.4) is 0 Å². The molecule has 50 heavy (non-hydrogen) atoms. The van der Waals surface area contributed by atoms with Crippen molar-refractivity contribution in [2.45, 2.75) is 78.4 Å². The number of ether oxygens (including phenoxy) is 2. The van der Waals surface area contributed by atoms with E-state index in [1.165, 1.54) is 15.9 Å². The predicted octanol–water partition coefficient (Wildman–Crippen LogP) is 6.01. The second-order valence-electron chi connectivity index (χ2n) is 13.3. The zero-order chi connectivity index (χ0) is 36.1. The molecule has 0 bridgehead atoms. The summed E-state index contributed by atoms with van der Waals surface area (Å²) in [5.74, 6) is -0.166. The van der Waals surface area contributed by atoms with Gasteiger partial charge in [-0.15, -0.1) is 16.4 Å². The van der Waals surface area contributed by atoms with Crippen LogP contribution in [0.1, 0.15) is 56.3 Å². The first-order valence-electron chi connectivity index (χ1n) is 16.2. The molecule has 12 nitrogen and oxygen atoms in total. The molecule has 17 heteroatoms. The van der Waals surface area contributed by atoms with Crippen LogP contribution in [-0.4, -0.2) is 73.9 Å². The van der Waals surface area contributed by atoms with E-state index in [0.717, 1.165) is 39.9 Å². The molecule has 2 aliphatic heterocycles. The Labute approximate surface area is 294 Å². The van der Waals surface area contributed by atoms with Crippen molar-refractivity contribution in [2.24, 2.45) is 0 Å². The summed E-state index contributed by atoms with van der Waals surface area (Å²) >= 11 is 7.62. The number of carbonyl (C=O) groups is 2. The van der Waals surface area contributed by atoms with Crippen molar-refractivity contribution in [1.82, 2.24) is 24.1 Å². The summed E-state index contributed by atoms with van der Waals surface area (Å²) in [4.78, 5) is 50.9. The lowest BCUT2D eigenvalue weighted by Gasteiger charge is -2.41. The molecule has 2 aliphatic rings. The number of alkyl halides is 3. The molecule has 6 rings (SSSR count). The quantitative estimate of drug-likeness (QED) is 0.256. The summed E-state index contributed by atoms with van der Waals surface area (Å²) in [5.41, 5.74) is -0.101. The maximum absolute atomic E-state index is 14.3. The van der Waals surface area contributed by atoms with Gasteiger partial charge in [0, 0.05) is 30.6 Å². The van der Waals surface area contributed by atoms with Crippen LogP contribution in [0.5, 0.6) is 0 Å². The molecule has 4 aromatic rings. The third-order valence-corrected chi connectivity index (χ3v) is 9.93. The van der Waals surface area contributed by atoms with Crippen molar-refractivity contribution in [3.63, 3.8) is 0 Å². The zero-order valence-electron chi connectivity index (χ0n) is 28.2. The first-order chi connectivity index (χ1) is 23.5. The molecule has 1 saturated heterocycles. The largest absolute Gasteiger partial charge is 0.444 e. The van der Waals surface area contributed by atoms with Gasteiger partial charge in [-0.2, -0.15) is 22.7 Å². The van der Waals surface area contributed by atoms with Gasteiger partial charge < -0.3 is 29.2 Å². The topological polar surface area (TPSA) is 123 Å². The number of rotatable bonds is 6. The van der Waals surface area contributed by atoms with E-state index < -0.39 is 34.9 Å². The van der Waals surface area contributed by atoms with Gasteiger partial charge in [0.05, 0.1) is 40.1 Å². The number of benzene rings is 1. The Morgan fingerprint density at radius 2 is 1.94 bits per heavy atom. The molecule has 0 radical (unpaired) electrons. The van der Waals surface area contributed by atoms with Crippen molar-refractivity contribution in [2.75, 3.05) is 36.5 Å². The van der Waals surface area contributed by atoms with Gasteiger partial charge in [0.15, 0.2) is 5.82 Å². The fourth-order valence-corrected chi connectivity index (χ4v) is 7.48. The molecular weight excluding hydrogens is 699 g/mol. The number of aromatic nitrogens is 4. The highest BCUT2D eigenvalue weighted by molar-refractivity contribution is 7.15. The van der Waals surface area contributed by atoms with Gasteiger partial charge in [0.1, 0.15) is 17.8 Å². The van der Waals surface area contributed by atoms with Gasteiger partial charge in [-0.05, 0) is 70.4 Å².